The molecule has 0 amide bonds. The Hall–Kier alpha value is -1.07. The summed E-state index contributed by atoms with van der Waals surface area (Å²) >= 11 is 11.4. The summed E-state index contributed by atoms with van der Waals surface area (Å²) in [5.74, 6) is 0.690. The molecule has 1 fully saturated rings. The highest BCUT2D eigenvalue weighted by Gasteiger charge is 2.06. The van der Waals surface area contributed by atoms with Crippen LogP contribution >= 0.6 is 23.2 Å². The molecule has 0 radical (unpaired) electrons. The SMILES string of the molecule is C1COCCO1.Clc1nc(-c2ccccc2)[nH]c1Cl. The van der Waals surface area contributed by atoms with Gasteiger partial charge in [0.05, 0.1) is 26.4 Å². The maximum Gasteiger partial charge on any atom is 0.166 e. The monoisotopic (exact) mass is 300 g/mol. The normalized spacial score (nSPS) is 14.6. The van der Waals surface area contributed by atoms with Crippen LogP contribution in [0, 0.1) is 0 Å². The van der Waals surface area contributed by atoms with Gasteiger partial charge in [-0.25, -0.2) is 4.98 Å². The smallest absolute Gasteiger partial charge is 0.166 e. The van der Waals surface area contributed by atoms with Crippen molar-refractivity contribution in [3.8, 4) is 11.4 Å². The van der Waals surface area contributed by atoms with Crippen LogP contribution in [-0.4, -0.2) is 36.4 Å². The van der Waals surface area contributed by atoms with Crippen LogP contribution in [0.5, 0.6) is 0 Å². The summed E-state index contributed by atoms with van der Waals surface area (Å²) in [4.78, 5) is 6.94. The van der Waals surface area contributed by atoms with E-state index < -0.39 is 0 Å². The van der Waals surface area contributed by atoms with Gasteiger partial charge in [0.2, 0.25) is 0 Å². The minimum atomic E-state index is 0.306. The molecular weight excluding hydrogens is 287 g/mol. The molecule has 1 aromatic carbocycles. The van der Waals surface area contributed by atoms with E-state index in [1.165, 1.54) is 0 Å². The summed E-state index contributed by atoms with van der Waals surface area (Å²) in [7, 11) is 0. The Kier molecular flexibility index (Phi) is 5.66. The van der Waals surface area contributed by atoms with Gasteiger partial charge in [0, 0.05) is 5.56 Å². The van der Waals surface area contributed by atoms with Gasteiger partial charge in [-0.05, 0) is 0 Å². The predicted molar refractivity (Wildman–Crippen MR) is 75.7 cm³/mol. The van der Waals surface area contributed by atoms with E-state index in [0.717, 1.165) is 32.0 Å². The fraction of sp³-hybridized carbons (Fsp3) is 0.308. The van der Waals surface area contributed by atoms with Crippen molar-refractivity contribution in [3.63, 3.8) is 0 Å². The number of hydrogen-bond donors (Lipinski definition) is 1. The number of hydrogen-bond acceptors (Lipinski definition) is 3. The summed E-state index contributed by atoms with van der Waals surface area (Å²) < 4.78 is 9.89. The number of aromatic amines is 1. The zero-order valence-corrected chi connectivity index (χ0v) is 11.7. The van der Waals surface area contributed by atoms with Crippen molar-refractivity contribution in [1.82, 2.24) is 9.97 Å². The van der Waals surface area contributed by atoms with Crippen molar-refractivity contribution in [3.05, 3.63) is 40.6 Å². The van der Waals surface area contributed by atoms with E-state index in [1.807, 2.05) is 30.3 Å². The Morgan fingerprint density at radius 2 is 1.53 bits per heavy atom. The summed E-state index contributed by atoms with van der Waals surface area (Å²) in [5, 5.41) is 0.682. The third-order valence-corrected chi connectivity index (χ3v) is 3.05. The first-order valence-electron chi connectivity index (χ1n) is 5.89. The Balaban J connectivity index is 0.000000186. The van der Waals surface area contributed by atoms with Gasteiger partial charge in [0.15, 0.2) is 5.15 Å². The van der Waals surface area contributed by atoms with Gasteiger partial charge < -0.3 is 14.5 Å². The van der Waals surface area contributed by atoms with Crippen LogP contribution < -0.4 is 0 Å². The molecule has 2 aromatic rings. The van der Waals surface area contributed by atoms with Crippen LogP contribution in [0.4, 0.5) is 0 Å². The van der Waals surface area contributed by atoms with Gasteiger partial charge in [-0.15, -0.1) is 0 Å². The molecule has 0 bridgehead atoms. The Morgan fingerprint density at radius 1 is 0.947 bits per heavy atom. The zero-order valence-electron chi connectivity index (χ0n) is 10.2. The van der Waals surface area contributed by atoms with Gasteiger partial charge in [-0.3, -0.25) is 0 Å². The molecular formula is C13H14Cl2N2O2. The lowest BCUT2D eigenvalue weighted by Gasteiger charge is -2.09. The van der Waals surface area contributed by atoms with Crippen LogP contribution in [-0.2, 0) is 9.47 Å². The predicted octanol–water partition coefficient (Wildman–Crippen LogP) is 3.42. The van der Waals surface area contributed by atoms with Crippen molar-refractivity contribution in [2.24, 2.45) is 0 Å². The Labute approximate surface area is 121 Å². The highest BCUT2D eigenvalue weighted by atomic mass is 35.5. The van der Waals surface area contributed by atoms with Crippen molar-refractivity contribution in [2.45, 2.75) is 0 Å². The number of rotatable bonds is 1. The second-order valence-electron chi connectivity index (χ2n) is 3.78. The second-order valence-corrected chi connectivity index (χ2v) is 4.52. The van der Waals surface area contributed by atoms with Gasteiger partial charge >= 0.3 is 0 Å². The largest absolute Gasteiger partial charge is 0.377 e. The summed E-state index contributed by atoms with van der Waals surface area (Å²) in [6, 6.07) is 9.67. The Bertz CT molecular complexity index is 468. The summed E-state index contributed by atoms with van der Waals surface area (Å²) in [6.07, 6.45) is 0. The highest BCUT2D eigenvalue weighted by molar-refractivity contribution is 6.40. The van der Waals surface area contributed by atoms with Crippen LogP contribution in [0.1, 0.15) is 0 Å². The second kappa shape index (κ2) is 7.50. The molecule has 19 heavy (non-hydrogen) atoms. The minimum absolute atomic E-state index is 0.306. The van der Waals surface area contributed by atoms with Crippen molar-refractivity contribution in [1.29, 1.82) is 0 Å². The first-order chi connectivity index (χ1) is 9.27. The minimum Gasteiger partial charge on any atom is -0.377 e. The average molecular weight is 301 g/mol. The Morgan fingerprint density at radius 3 is 1.95 bits per heavy atom. The van der Waals surface area contributed by atoms with E-state index in [4.69, 9.17) is 32.7 Å². The van der Waals surface area contributed by atoms with E-state index in [0.29, 0.717) is 16.1 Å². The van der Waals surface area contributed by atoms with Gasteiger partial charge in [0.1, 0.15) is 11.0 Å². The molecule has 1 aliphatic rings. The lowest BCUT2D eigenvalue weighted by Crippen LogP contribution is -2.16. The van der Waals surface area contributed by atoms with Gasteiger partial charge in [0.25, 0.3) is 0 Å². The number of aromatic nitrogens is 2. The summed E-state index contributed by atoms with van der Waals surface area (Å²) in [6.45, 7) is 3.11. The molecule has 6 heteroatoms. The number of nitrogens with zero attached hydrogens (tertiary/aromatic N) is 1. The van der Waals surface area contributed by atoms with E-state index in [2.05, 4.69) is 9.97 Å². The fourth-order valence-corrected chi connectivity index (χ4v) is 1.77. The molecule has 1 aromatic heterocycles. The third kappa shape index (κ3) is 4.51. The highest BCUT2D eigenvalue weighted by Crippen LogP contribution is 2.23. The van der Waals surface area contributed by atoms with Crippen LogP contribution in [0.25, 0.3) is 11.4 Å². The van der Waals surface area contributed by atoms with Crippen LogP contribution in [0.2, 0.25) is 10.3 Å². The molecule has 4 nitrogen and oxygen atoms in total. The molecule has 0 unspecified atom stereocenters. The van der Waals surface area contributed by atoms with E-state index in [1.54, 1.807) is 0 Å². The number of halogens is 2. The van der Waals surface area contributed by atoms with Crippen LogP contribution in [0.3, 0.4) is 0 Å². The lowest BCUT2D eigenvalue weighted by molar-refractivity contribution is -0.0334. The standard InChI is InChI=1S/C9H6Cl2N2.C4H8O2/c10-7-8(11)13-9(12-7)6-4-2-1-3-5-6;1-2-6-4-3-5-1/h1-5H,(H,12,13);1-4H2. The molecule has 0 saturated carbocycles. The molecule has 0 atom stereocenters. The molecule has 2 heterocycles. The molecule has 1 N–H and O–H groups in total. The van der Waals surface area contributed by atoms with E-state index >= 15 is 0 Å². The number of nitrogens with one attached hydrogen (secondary N) is 1. The van der Waals surface area contributed by atoms with Gasteiger partial charge in [-0.2, -0.15) is 0 Å². The molecule has 0 aliphatic carbocycles. The average Bonchev–Trinajstić information content (AvgIpc) is 2.82. The number of benzene rings is 1. The van der Waals surface area contributed by atoms with Crippen molar-refractivity contribution >= 4 is 23.2 Å². The summed E-state index contributed by atoms with van der Waals surface area (Å²) in [5.41, 5.74) is 0.969. The maximum absolute atomic E-state index is 5.73. The topological polar surface area (TPSA) is 47.1 Å². The van der Waals surface area contributed by atoms with Crippen molar-refractivity contribution < 1.29 is 9.47 Å². The third-order valence-electron chi connectivity index (χ3n) is 2.41. The molecule has 0 spiro atoms. The zero-order chi connectivity index (χ0) is 13.5. The number of ether oxygens (including phenoxy) is 2. The van der Waals surface area contributed by atoms with Crippen molar-refractivity contribution in [2.75, 3.05) is 26.4 Å². The molecule has 3 rings (SSSR count). The molecule has 1 aliphatic heterocycles. The first kappa shape index (κ1) is 14.3. The molecule has 1 saturated heterocycles. The first-order valence-corrected chi connectivity index (χ1v) is 6.65. The van der Waals surface area contributed by atoms with Gasteiger partial charge in [-0.1, -0.05) is 53.5 Å². The maximum atomic E-state index is 5.73. The number of H-pyrrole nitrogens is 1. The quantitative estimate of drug-likeness (QED) is 0.878. The number of imidazole rings is 1. The van der Waals surface area contributed by atoms with E-state index in [-0.39, 0.29) is 0 Å². The molecule has 102 valence electrons. The van der Waals surface area contributed by atoms with E-state index in [9.17, 15) is 0 Å². The van der Waals surface area contributed by atoms with Crippen LogP contribution in [0.15, 0.2) is 30.3 Å². The lowest BCUT2D eigenvalue weighted by atomic mass is 10.2. The fourth-order valence-electron chi connectivity index (χ4n) is 1.50.